The molecule has 3 rings (SSSR count). The average molecular weight is 342 g/mol. The number of ether oxygens (including phenoxy) is 1. The van der Waals surface area contributed by atoms with Gasteiger partial charge in [0, 0.05) is 23.8 Å². The van der Waals surface area contributed by atoms with Crippen molar-refractivity contribution in [3.05, 3.63) is 60.2 Å². The van der Waals surface area contributed by atoms with Crippen molar-refractivity contribution in [1.29, 1.82) is 0 Å². The molecule has 1 aromatic carbocycles. The number of nitrogen functional groups attached to an aromatic ring is 1. The third-order valence-electron chi connectivity index (χ3n) is 3.39. The highest BCUT2D eigenvalue weighted by molar-refractivity contribution is 7.98. The number of rotatable bonds is 7. The molecule has 0 saturated heterocycles. The lowest BCUT2D eigenvalue weighted by Crippen LogP contribution is -2.16. The number of nitrogens with one attached hydrogen (secondary N) is 1. The molecule has 0 aliphatic heterocycles. The van der Waals surface area contributed by atoms with Gasteiger partial charge in [-0.2, -0.15) is 0 Å². The van der Waals surface area contributed by atoms with E-state index in [0.717, 1.165) is 22.8 Å². The third kappa shape index (κ3) is 3.96. The van der Waals surface area contributed by atoms with Crippen molar-refractivity contribution in [2.45, 2.75) is 17.5 Å². The zero-order valence-electron chi connectivity index (χ0n) is 13.2. The number of thioether (sulfide) groups is 1. The molecule has 0 spiro atoms. The van der Waals surface area contributed by atoms with Gasteiger partial charge in [0.1, 0.15) is 5.75 Å². The molecule has 3 N–H and O–H groups in total. The molecule has 0 atom stereocenters. The van der Waals surface area contributed by atoms with E-state index in [9.17, 15) is 0 Å². The molecular formula is C16H18N6OS. The van der Waals surface area contributed by atoms with Crippen molar-refractivity contribution in [2.24, 2.45) is 0 Å². The molecule has 2 heterocycles. The summed E-state index contributed by atoms with van der Waals surface area (Å²) in [6, 6.07) is 11.6. The Morgan fingerprint density at radius 3 is 2.58 bits per heavy atom. The van der Waals surface area contributed by atoms with Gasteiger partial charge in [-0.05, 0) is 42.0 Å². The number of hydrogen-bond acceptors (Lipinski definition) is 7. The summed E-state index contributed by atoms with van der Waals surface area (Å²) in [5.74, 6) is 8.33. The number of pyridine rings is 1. The van der Waals surface area contributed by atoms with E-state index in [4.69, 9.17) is 10.6 Å². The van der Waals surface area contributed by atoms with E-state index < -0.39 is 0 Å². The number of methoxy groups -OCH3 is 1. The molecule has 0 bridgehead atoms. The fourth-order valence-electron chi connectivity index (χ4n) is 2.04. The van der Waals surface area contributed by atoms with Gasteiger partial charge in [-0.15, -0.1) is 10.2 Å². The number of benzene rings is 1. The van der Waals surface area contributed by atoms with Crippen molar-refractivity contribution in [1.82, 2.24) is 19.9 Å². The molecule has 7 nitrogen and oxygen atoms in total. The van der Waals surface area contributed by atoms with Gasteiger partial charge in [-0.25, -0.2) is 4.68 Å². The van der Waals surface area contributed by atoms with Crippen LogP contribution >= 0.6 is 11.8 Å². The first kappa shape index (κ1) is 16.1. The third-order valence-corrected chi connectivity index (χ3v) is 4.41. The quantitative estimate of drug-likeness (QED) is 0.503. The average Bonchev–Trinajstić information content (AvgIpc) is 2.99. The lowest BCUT2D eigenvalue weighted by molar-refractivity contribution is 0.415. The molecule has 124 valence electrons. The van der Waals surface area contributed by atoms with Crippen molar-refractivity contribution < 1.29 is 4.74 Å². The maximum Gasteiger partial charge on any atom is 0.210 e. The number of hydrogen-bond donors (Lipinski definition) is 2. The number of nitrogens with zero attached hydrogens (tertiary/aromatic N) is 4. The molecule has 0 unspecified atom stereocenters. The minimum absolute atomic E-state index is 0.492. The van der Waals surface area contributed by atoms with Gasteiger partial charge in [0.05, 0.1) is 13.7 Å². The Kier molecular flexibility index (Phi) is 5.17. The highest BCUT2D eigenvalue weighted by Gasteiger charge is 2.10. The lowest BCUT2D eigenvalue weighted by atomic mass is 10.3. The largest absolute Gasteiger partial charge is 0.497 e. The van der Waals surface area contributed by atoms with E-state index in [1.54, 1.807) is 19.5 Å². The van der Waals surface area contributed by atoms with Gasteiger partial charge >= 0.3 is 0 Å². The molecule has 0 saturated carbocycles. The highest BCUT2D eigenvalue weighted by Crippen LogP contribution is 2.20. The van der Waals surface area contributed by atoms with Crippen LogP contribution in [0.1, 0.15) is 11.4 Å². The minimum atomic E-state index is 0.492. The number of nitrogens with two attached hydrogens (primary N) is 1. The van der Waals surface area contributed by atoms with Crippen LogP contribution in [0, 0.1) is 0 Å². The second-order valence-corrected chi connectivity index (χ2v) is 5.94. The lowest BCUT2D eigenvalue weighted by Gasteiger charge is -2.07. The molecule has 0 radical (unpaired) electrons. The van der Waals surface area contributed by atoms with E-state index in [2.05, 4.69) is 20.5 Å². The summed E-state index contributed by atoms with van der Waals surface area (Å²) in [7, 11) is 1.64. The van der Waals surface area contributed by atoms with E-state index >= 15 is 0 Å². The van der Waals surface area contributed by atoms with Gasteiger partial charge in [0.15, 0.2) is 5.82 Å². The highest BCUT2D eigenvalue weighted by atomic mass is 32.2. The van der Waals surface area contributed by atoms with Crippen LogP contribution in [-0.2, 0) is 12.3 Å². The monoisotopic (exact) mass is 342 g/mol. The number of aromatic nitrogens is 4. The van der Waals surface area contributed by atoms with Crippen LogP contribution in [0.3, 0.4) is 0 Å². The molecule has 3 aromatic rings. The first-order chi connectivity index (χ1) is 11.8. The van der Waals surface area contributed by atoms with Gasteiger partial charge in [-0.3, -0.25) is 4.98 Å². The van der Waals surface area contributed by atoms with E-state index in [1.165, 1.54) is 16.4 Å². The second kappa shape index (κ2) is 7.69. The van der Waals surface area contributed by atoms with E-state index in [-0.39, 0.29) is 0 Å². The Bertz CT molecular complexity index is 775. The van der Waals surface area contributed by atoms with Crippen LogP contribution in [0.25, 0.3) is 0 Å². The maximum absolute atomic E-state index is 6.08. The summed E-state index contributed by atoms with van der Waals surface area (Å²) in [6.07, 6.45) is 3.54. The Morgan fingerprint density at radius 2 is 1.88 bits per heavy atom. The minimum Gasteiger partial charge on any atom is -0.497 e. The van der Waals surface area contributed by atoms with Gasteiger partial charge in [-0.1, -0.05) is 11.8 Å². The smallest absolute Gasteiger partial charge is 0.210 e. The van der Waals surface area contributed by atoms with Crippen LogP contribution in [0.2, 0.25) is 0 Å². The summed E-state index contributed by atoms with van der Waals surface area (Å²) in [5.41, 5.74) is 2.13. The Hall–Kier alpha value is -2.74. The summed E-state index contributed by atoms with van der Waals surface area (Å²) in [6.45, 7) is 0.492. The predicted octanol–water partition coefficient (Wildman–Crippen LogP) is 2.30. The predicted molar refractivity (Wildman–Crippen MR) is 94.3 cm³/mol. The fourth-order valence-corrected chi connectivity index (χ4v) is 2.87. The molecule has 24 heavy (non-hydrogen) atoms. The SMILES string of the molecule is COc1ccc(NCc2nnc(SCc3ccncc3)n2N)cc1. The summed E-state index contributed by atoms with van der Waals surface area (Å²) >= 11 is 1.54. The van der Waals surface area contributed by atoms with E-state index in [1.807, 2.05) is 36.4 Å². The van der Waals surface area contributed by atoms with Crippen LogP contribution < -0.4 is 15.9 Å². The summed E-state index contributed by atoms with van der Waals surface area (Å²) in [4.78, 5) is 4.00. The van der Waals surface area contributed by atoms with Gasteiger partial charge < -0.3 is 15.9 Å². The van der Waals surface area contributed by atoms with Crippen LogP contribution in [-0.4, -0.2) is 27.0 Å². The standard InChI is InChI=1S/C16H18N6OS/c1-23-14-4-2-13(3-5-14)19-10-15-20-21-16(22(15)17)24-11-12-6-8-18-9-7-12/h2-9,19H,10-11,17H2,1H3. The first-order valence-corrected chi connectivity index (χ1v) is 8.34. The van der Waals surface area contributed by atoms with Crippen LogP contribution in [0.15, 0.2) is 53.9 Å². The van der Waals surface area contributed by atoms with Gasteiger partial charge in [0.25, 0.3) is 0 Å². The summed E-state index contributed by atoms with van der Waals surface area (Å²) in [5, 5.41) is 12.2. The molecule has 0 fully saturated rings. The van der Waals surface area contributed by atoms with Crippen LogP contribution in [0.5, 0.6) is 5.75 Å². The maximum atomic E-state index is 6.08. The Morgan fingerprint density at radius 1 is 1.12 bits per heavy atom. The van der Waals surface area contributed by atoms with Gasteiger partial charge in [0.2, 0.25) is 5.16 Å². The molecule has 0 aliphatic rings. The Balaban J connectivity index is 1.57. The van der Waals surface area contributed by atoms with Crippen molar-refractivity contribution in [2.75, 3.05) is 18.3 Å². The van der Waals surface area contributed by atoms with Crippen molar-refractivity contribution >= 4 is 17.4 Å². The van der Waals surface area contributed by atoms with Crippen molar-refractivity contribution in [3.63, 3.8) is 0 Å². The second-order valence-electron chi connectivity index (χ2n) is 4.99. The molecule has 2 aromatic heterocycles. The summed E-state index contributed by atoms with van der Waals surface area (Å²) < 4.78 is 6.65. The molecule has 0 aliphatic carbocycles. The molecule has 8 heteroatoms. The number of anilines is 1. The zero-order chi connectivity index (χ0) is 16.8. The van der Waals surface area contributed by atoms with Crippen LogP contribution in [0.4, 0.5) is 5.69 Å². The van der Waals surface area contributed by atoms with E-state index in [0.29, 0.717) is 17.5 Å². The topological polar surface area (TPSA) is 90.9 Å². The van der Waals surface area contributed by atoms with Crippen molar-refractivity contribution in [3.8, 4) is 5.75 Å². The zero-order valence-corrected chi connectivity index (χ0v) is 14.0. The molecular weight excluding hydrogens is 324 g/mol. The first-order valence-electron chi connectivity index (χ1n) is 7.35. The fraction of sp³-hybridized carbons (Fsp3) is 0.188. The molecule has 0 amide bonds. The normalized spacial score (nSPS) is 10.5. The Labute approximate surface area is 144 Å².